The van der Waals surface area contributed by atoms with Crippen molar-refractivity contribution in [3.05, 3.63) is 0 Å². The van der Waals surface area contributed by atoms with E-state index in [1.807, 2.05) is 6.92 Å². The molecule has 0 fully saturated rings. The normalized spacial score (nSPS) is 16.2. The Morgan fingerprint density at radius 3 is 2.25 bits per heavy atom. The number of carboxylic acids is 1. The number of carbonyl (C=O) groups is 2. The van der Waals surface area contributed by atoms with E-state index in [1.165, 1.54) is 0 Å². The Labute approximate surface area is 101 Å². The summed E-state index contributed by atoms with van der Waals surface area (Å²) in [6, 6.07) is 0.0842. The average Bonchev–Trinajstić information content (AvgIpc) is 2.23. The molecule has 0 aromatic heterocycles. The van der Waals surface area contributed by atoms with Crippen molar-refractivity contribution in [3.63, 3.8) is 0 Å². The maximum absolute atomic E-state index is 11.7. The molecule has 0 heterocycles. The molecule has 0 aliphatic heterocycles. The molecular formula is C11H21NO3S. The minimum absolute atomic E-state index is 0.0842. The highest BCUT2D eigenvalue weighted by molar-refractivity contribution is 7.99. The van der Waals surface area contributed by atoms with Crippen LogP contribution in [0.15, 0.2) is 0 Å². The highest BCUT2D eigenvalue weighted by atomic mass is 32.2. The van der Waals surface area contributed by atoms with Crippen LogP contribution in [-0.4, -0.2) is 34.5 Å². The topological polar surface area (TPSA) is 66.4 Å². The molecule has 0 aliphatic rings. The van der Waals surface area contributed by atoms with E-state index in [4.69, 9.17) is 5.11 Å². The van der Waals surface area contributed by atoms with Crippen molar-refractivity contribution in [1.29, 1.82) is 0 Å². The molecule has 0 aliphatic carbocycles. The van der Waals surface area contributed by atoms with Gasteiger partial charge in [0.1, 0.15) is 0 Å². The number of nitrogens with one attached hydrogen (secondary N) is 1. The number of hydrogen-bond acceptors (Lipinski definition) is 3. The molecule has 0 radical (unpaired) electrons. The van der Waals surface area contributed by atoms with Crippen molar-refractivity contribution in [2.75, 3.05) is 11.5 Å². The van der Waals surface area contributed by atoms with Gasteiger partial charge in [0.15, 0.2) is 0 Å². The molecule has 0 bridgehead atoms. The summed E-state index contributed by atoms with van der Waals surface area (Å²) in [4.78, 5) is 22.4. The highest BCUT2D eigenvalue weighted by Gasteiger charge is 2.26. The summed E-state index contributed by atoms with van der Waals surface area (Å²) in [6.45, 7) is 7.19. The van der Waals surface area contributed by atoms with Crippen LogP contribution in [0.4, 0.5) is 0 Å². The molecule has 0 saturated carbocycles. The molecule has 94 valence electrons. The van der Waals surface area contributed by atoms with Gasteiger partial charge in [-0.15, -0.1) is 0 Å². The maximum atomic E-state index is 11.7. The lowest BCUT2D eigenvalue weighted by atomic mass is 9.95. The lowest BCUT2D eigenvalue weighted by Gasteiger charge is -2.19. The smallest absolute Gasteiger partial charge is 0.307 e. The number of hydrogen-bond donors (Lipinski definition) is 2. The fraction of sp³-hybridized carbons (Fsp3) is 0.818. The van der Waals surface area contributed by atoms with E-state index in [2.05, 4.69) is 12.2 Å². The number of carboxylic acid groups (broad SMARTS) is 1. The van der Waals surface area contributed by atoms with E-state index in [-0.39, 0.29) is 11.9 Å². The van der Waals surface area contributed by atoms with Gasteiger partial charge >= 0.3 is 5.97 Å². The summed E-state index contributed by atoms with van der Waals surface area (Å²) in [5.41, 5.74) is 0. The number of carbonyl (C=O) groups excluding carboxylic acids is 1. The zero-order chi connectivity index (χ0) is 12.7. The van der Waals surface area contributed by atoms with Gasteiger partial charge in [-0.3, -0.25) is 9.59 Å². The summed E-state index contributed by atoms with van der Waals surface area (Å²) in [7, 11) is 0. The SMILES string of the molecule is CCSCC(C)NC(=O)C(C)C(C)C(=O)O. The number of aliphatic carboxylic acids is 1. The largest absolute Gasteiger partial charge is 0.481 e. The minimum Gasteiger partial charge on any atom is -0.481 e. The van der Waals surface area contributed by atoms with Crippen LogP contribution in [0.5, 0.6) is 0 Å². The summed E-state index contributed by atoms with van der Waals surface area (Å²) < 4.78 is 0. The molecule has 3 unspecified atom stereocenters. The van der Waals surface area contributed by atoms with Gasteiger partial charge in [-0.1, -0.05) is 20.8 Å². The van der Waals surface area contributed by atoms with Gasteiger partial charge in [0, 0.05) is 17.7 Å². The Hall–Kier alpha value is -0.710. The van der Waals surface area contributed by atoms with E-state index in [1.54, 1.807) is 25.6 Å². The molecule has 0 saturated heterocycles. The zero-order valence-electron chi connectivity index (χ0n) is 10.3. The number of amides is 1. The predicted octanol–water partition coefficient (Wildman–Crippen LogP) is 1.60. The second-order valence-electron chi connectivity index (χ2n) is 3.98. The maximum Gasteiger partial charge on any atom is 0.307 e. The van der Waals surface area contributed by atoms with Crippen molar-refractivity contribution in [3.8, 4) is 0 Å². The lowest BCUT2D eigenvalue weighted by molar-refractivity contribution is -0.146. The van der Waals surface area contributed by atoms with Gasteiger partial charge in [0.25, 0.3) is 0 Å². The van der Waals surface area contributed by atoms with E-state index < -0.39 is 17.8 Å². The summed E-state index contributed by atoms with van der Waals surface area (Å²) in [5, 5.41) is 11.6. The van der Waals surface area contributed by atoms with Crippen LogP contribution in [-0.2, 0) is 9.59 Å². The van der Waals surface area contributed by atoms with Crippen molar-refractivity contribution in [2.45, 2.75) is 33.7 Å². The quantitative estimate of drug-likeness (QED) is 0.717. The third kappa shape index (κ3) is 5.39. The first-order chi connectivity index (χ1) is 7.40. The molecule has 0 spiro atoms. The zero-order valence-corrected chi connectivity index (χ0v) is 11.1. The van der Waals surface area contributed by atoms with Crippen LogP contribution in [0.3, 0.4) is 0 Å². The minimum atomic E-state index is -0.932. The summed E-state index contributed by atoms with van der Waals surface area (Å²) in [6.07, 6.45) is 0. The molecule has 5 heteroatoms. The first kappa shape index (κ1) is 15.3. The van der Waals surface area contributed by atoms with Gasteiger partial charge in [-0.05, 0) is 12.7 Å². The van der Waals surface area contributed by atoms with E-state index in [0.717, 1.165) is 11.5 Å². The molecule has 0 aromatic rings. The average molecular weight is 247 g/mol. The van der Waals surface area contributed by atoms with Crippen molar-refractivity contribution in [2.24, 2.45) is 11.8 Å². The number of thioether (sulfide) groups is 1. The van der Waals surface area contributed by atoms with Crippen molar-refractivity contribution >= 4 is 23.6 Å². The van der Waals surface area contributed by atoms with Crippen LogP contribution >= 0.6 is 11.8 Å². The van der Waals surface area contributed by atoms with Crippen LogP contribution in [0, 0.1) is 11.8 Å². The Morgan fingerprint density at radius 1 is 1.25 bits per heavy atom. The van der Waals surface area contributed by atoms with Crippen molar-refractivity contribution in [1.82, 2.24) is 5.32 Å². The Morgan fingerprint density at radius 2 is 1.81 bits per heavy atom. The standard InChI is InChI=1S/C11H21NO3S/c1-5-16-6-7(2)12-10(13)8(3)9(4)11(14)15/h7-9H,5-6H2,1-4H3,(H,12,13)(H,14,15). The molecule has 4 nitrogen and oxygen atoms in total. The summed E-state index contributed by atoms with van der Waals surface area (Å²) >= 11 is 1.75. The predicted molar refractivity (Wildman–Crippen MR) is 66.6 cm³/mol. The molecule has 16 heavy (non-hydrogen) atoms. The van der Waals surface area contributed by atoms with Crippen molar-refractivity contribution < 1.29 is 14.7 Å². The molecule has 0 rings (SSSR count). The van der Waals surface area contributed by atoms with E-state index in [9.17, 15) is 9.59 Å². The van der Waals surface area contributed by atoms with Gasteiger partial charge in [-0.25, -0.2) is 0 Å². The highest BCUT2D eigenvalue weighted by Crippen LogP contribution is 2.12. The van der Waals surface area contributed by atoms with Crippen LogP contribution in [0.1, 0.15) is 27.7 Å². The second kappa shape index (κ2) is 7.54. The summed E-state index contributed by atoms with van der Waals surface area (Å²) in [5.74, 6) is -0.382. The molecule has 1 amide bonds. The first-order valence-corrected chi connectivity index (χ1v) is 6.66. The Bertz CT molecular complexity index is 245. The van der Waals surface area contributed by atoms with Crippen LogP contribution in [0.25, 0.3) is 0 Å². The van der Waals surface area contributed by atoms with E-state index >= 15 is 0 Å². The van der Waals surface area contributed by atoms with Gasteiger partial charge in [-0.2, -0.15) is 11.8 Å². The lowest BCUT2D eigenvalue weighted by Crippen LogP contribution is -2.41. The van der Waals surface area contributed by atoms with Gasteiger partial charge in [0.2, 0.25) is 5.91 Å². The van der Waals surface area contributed by atoms with Gasteiger partial charge < -0.3 is 10.4 Å². The Balaban J connectivity index is 4.09. The fourth-order valence-corrected chi connectivity index (χ4v) is 1.82. The fourth-order valence-electron chi connectivity index (χ4n) is 1.15. The molecule has 0 aromatic carbocycles. The Kier molecular flexibility index (Phi) is 7.21. The van der Waals surface area contributed by atoms with Crippen LogP contribution < -0.4 is 5.32 Å². The molecular weight excluding hydrogens is 226 g/mol. The molecule has 2 N–H and O–H groups in total. The third-order valence-electron chi connectivity index (χ3n) is 2.51. The van der Waals surface area contributed by atoms with Crippen LogP contribution in [0.2, 0.25) is 0 Å². The number of rotatable bonds is 7. The monoisotopic (exact) mass is 247 g/mol. The molecule has 3 atom stereocenters. The van der Waals surface area contributed by atoms with E-state index in [0.29, 0.717) is 0 Å². The van der Waals surface area contributed by atoms with Gasteiger partial charge in [0.05, 0.1) is 5.92 Å². The second-order valence-corrected chi connectivity index (χ2v) is 5.30. The first-order valence-electron chi connectivity index (χ1n) is 5.51. The third-order valence-corrected chi connectivity index (χ3v) is 3.66.